The SMILES string of the molecule is CC(=O)Nc1ccccc1Oc1cnc(C(=O)O)cn1. The highest BCUT2D eigenvalue weighted by atomic mass is 16.5. The lowest BCUT2D eigenvalue weighted by atomic mass is 10.3. The predicted octanol–water partition coefficient (Wildman–Crippen LogP) is 1.93. The van der Waals surface area contributed by atoms with Crippen molar-refractivity contribution in [3.05, 3.63) is 42.4 Å². The van der Waals surface area contributed by atoms with Gasteiger partial charge in [-0.1, -0.05) is 12.1 Å². The van der Waals surface area contributed by atoms with Gasteiger partial charge in [-0.2, -0.15) is 0 Å². The number of aromatic nitrogens is 2. The Morgan fingerprint density at radius 2 is 1.95 bits per heavy atom. The van der Waals surface area contributed by atoms with E-state index in [-0.39, 0.29) is 17.5 Å². The summed E-state index contributed by atoms with van der Waals surface area (Å²) in [7, 11) is 0. The van der Waals surface area contributed by atoms with Crippen LogP contribution in [0.3, 0.4) is 0 Å². The molecule has 0 aliphatic carbocycles. The highest BCUT2D eigenvalue weighted by Gasteiger charge is 2.09. The first-order valence-corrected chi connectivity index (χ1v) is 5.66. The quantitative estimate of drug-likeness (QED) is 0.882. The molecule has 0 aliphatic heterocycles. The Balaban J connectivity index is 2.21. The van der Waals surface area contributed by atoms with Gasteiger partial charge in [0.25, 0.3) is 0 Å². The first-order valence-electron chi connectivity index (χ1n) is 5.66. The van der Waals surface area contributed by atoms with Crippen molar-refractivity contribution in [1.29, 1.82) is 0 Å². The summed E-state index contributed by atoms with van der Waals surface area (Å²) < 4.78 is 5.46. The van der Waals surface area contributed by atoms with Crippen LogP contribution in [0.2, 0.25) is 0 Å². The molecule has 0 saturated carbocycles. The van der Waals surface area contributed by atoms with Gasteiger partial charge in [-0.3, -0.25) is 4.79 Å². The number of anilines is 1. The van der Waals surface area contributed by atoms with Gasteiger partial charge < -0.3 is 15.2 Å². The Morgan fingerprint density at radius 3 is 2.55 bits per heavy atom. The zero-order chi connectivity index (χ0) is 14.5. The summed E-state index contributed by atoms with van der Waals surface area (Å²) in [6, 6.07) is 6.81. The number of rotatable bonds is 4. The summed E-state index contributed by atoms with van der Waals surface area (Å²) in [6.07, 6.45) is 2.30. The number of carbonyl (C=O) groups excluding carboxylic acids is 1. The van der Waals surface area contributed by atoms with Gasteiger partial charge in [0.05, 0.1) is 18.1 Å². The molecule has 0 unspecified atom stereocenters. The van der Waals surface area contributed by atoms with Crippen LogP contribution in [-0.2, 0) is 4.79 Å². The van der Waals surface area contributed by atoms with Crippen LogP contribution in [0.5, 0.6) is 11.6 Å². The zero-order valence-electron chi connectivity index (χ0n) is 10.5. The maximum absolute atomic E-state index is 11.1. The monoisotopic (exact) mass is 273 g/mol. The first-order chi connectivity index (χ1) is 9.56. The number of para-hydroxylation sites is 2. The van der Waals surface area contributed by atoms with E-state index < -0.39 is 5.97 Å². The van der Waals surface area contributed by atoms with E-state index in [1.165, 1.54) is 13.1 Å². The third-order valence-electron chi connectivity index (χ3n) is 2.26. The molecule has 0 atom stereocenters. The molecule has 2 aromatic rings. The fraction of sp³-hybridized carbons (Fsp3) is 0.0769. The molecule has 7 heteroatoms. The van der Waals surface area contributed by atoms with E-state index in [1.807, 2.05) is 0 Å². The topological polar surface area (TPSA) is 101 Å². The summed E-state index contributed by atoms with van der Waals surface area (Å²) in [6.45, 7) is 1.39. The van der Waals surface area contributed by atoms with Crippen molar-refractivity contribution >= 4 is 17.6 Å². The lowest BCUT2D eigenvalue weighted by molar-refractivity contribution is -0.114. The van der Waals surface area contributed by atoms with Gasteiger partial charge >= 0.3 is 5.97 Å². The second-order valence-electron chi connectivity index (χ2n) is 3.82. The first kappa shape index (κ1) is 13.5. The Bertz CT molecular complexity index is 640. The predicted molar refractivity (Wildman–Crippen MR) is 69.8 cm³/mol. The fourth-order valence-corrected chi connectivity index (χ4v) is 1.44. The maximum atomic E-state index is 11.1. The van der Waals surface area contributed by atoms with Gasteiger partial charge in [-0.25, -0.2) is 14.8 Å². The molecule has 0 bridgehead atoms. The van der Waals surface area contributed by atoms with Gasteiger partial charge in [-0.05, 0) is 12.1 Å². The second-order valence-corrected chi connectivity index (χ2v) is 3.82. The van der Waals surface area contributed by atoms with Gasteiger partial charge in [-0.15, -0.1) is 0 Å². The maximum Gasteiger partial charge on any atom is 0.356 e. The molecule has 0 fully saturated rings. The lowest BCUT2D eigenvalue weighted by Crippen LogP contribution is -2.07. The van der Waals surface area contributed by atoms with Crippen molar-refractivity contribution in [2.45, 2.75) is 6.92 Å². The van der Waals surface area contributed by atoms with Gasteiger partial charge in [0.2, 0.25) is 11.8 Å². The van der Waals surface area contributed by atoms with E-state index in [0.717, 1.165) is 6.20 Å². The summed E-state index contributed by atoms with van der Waals surface area (Å²) in [5.41, 5.74) is 0.316. The molecule has 1 aromatic heterocycles. The third kappa shape index (κ3) is 3.29. The number of carboxylic acid groups (broad SMARTS) is 1. The summed E-state index contributed by atoms with van der Waals surface area (Å²) in [4.78, 5) is 29.3. The van der Waals surface area contributed by atoms with Crippen molar-refractivity contribution in [2.24, 2.45) is 0 Å². The van der Waals surface area contributed by atoms with Gasteiger partial charge in [0.1, 0.15) is 0 Å². The average Bonchev–Trinajstić information content (AvgIpc) is 2.41. The molecule has 102 valence electrons. The van der Waals surface area contributed by atoms with Gasteiger partial charge in [0, 0.05) is 6.92 Å². The minimum Gasteiger partial charge on any atom is -0.476 e. The van der Waals surface area contributed by atoms with Crippen LogP contribution in [0.1, 0.15) is 17.4 Å². The van der Waals surface area contributed by atoms with Crippen molar-refractivity contribution in [3.63, 3.8) is 0 Å². The van der Waals surface area contributed by atoms with E-state index in [4.69, 9.17) is 9.84 Å². The number of carbonyl (C=O) groups is 2. The number of nitrogens with one attached hydrogen (secondary N) is 1. The van der Waals surface area contributed by atoms with E-state index in [9.17, 15) is 9.59 Å². The second kappa shape index (κ2) is 5.79. The van der Waals surface area contributed by atoms with Crippen molar-refractivity contribution in [3.8, 4) is 11.6 Å². The van der Waals surface area contributed by atoms with Crippen LogP contribution >= 0.6 is 0 Å². The average molecular weight is 273 g/mol. The van der Waals surface area contributed by atoms with E-state index in [0.29, 0.717) is 11.4 Å². The standard InChI is InChI=1S/C13H11N3O4/c1-8(17)16-9-4-2-3-5-11(9)20-12-7-14-10(6-15-12)13(18)19/h2-7H,1H3,(H,16,17)(H,18,19). The highest BCUT2D eigenvalue weighted by molar-refractivity contribution is 5.90. The molecule has 2 rings (SSSR count). The number of hydrogen-bond acceptors (Lipinski definition) is 5. The fourth-order valence-electron chi connectivity index (χ4n) is 1.44. The molecular weight excluding hydrogens is 262 g/mol. The number of hydrogen-bond donors (Lipinski definition) is 2. The summed E-state index contributed by atoms with van der Waals surface area (Å²) in [5, 5.41) is 11.3. The Hall–Kier alpha value is -2.96. The van der Waals surface area contributed by atoms with Crippen LogP contribution in [0.25, 0.3) is 0 Å². The van der Waals surface area contributed by atoms with Gasteiger partial charge in [0.15, 0.2) is 11.4 Å². The third-order valence-corrected chi connectivity index (χ3v) is 2.26. The Kier molecular flexibility index (Phi) is 3.90. The number of amides is 1. The number of benzene rings is 1. The molecule has 1 amide bonds. The molecule has 0 saturated heterocycles. The molecule has 1 heterocycles. The van der Waals surface area contributed by atoms with E-state index in [2.05, 4.69) is 15.3 Å². The van der Waals surface area contributed by atoms with Crippen LogP contribution in [0, 0.1) is 0 Å². The van der Waals surface area contributed by atoms with Crippen molar-refractivity contribution in [1.82, 2.24) is 9.97 Å². The lowest BCUT2D eigenvalue weighted by Gasteiger charge is -2.10. The van der Waals surface area contributed by atoms with E-state index >= 15 is 0 Å². The van der Waals surface area contributed by atoms with Crippen LogP contribution < -0.4 is 10.1 Å². The largest absolute Gasteiger partial charge is 0.476 e. The van der Waals surface area contributed by atoms with Crippen molar-refractivity contribution in [2.75, 3.05) is 5.32 Å². The molecule has 20 heavy (non-hydrogen) atoms. The molecule has 0 spiro atoms. The molecule has 0 aliphatic rings. The Morgan fingerprint density at radius 1 is 1.20 bits per heavy atom. The number of carboxylic acids is 1. The van der Waals surface area contributed by atoms with Crippen molar-refractivity contribution < 1.29 is 19.4 Å². The number of nitrogens with zero attached hydrogens (tertiary/aromatic N) is 2. The zero-order valence-corrected chi connectivity index (χ0v) is 10.5. The molecule has 2 N–H and O–H groups in total. The number of ether oxygens (including phenoxy) is 1. The Labute approximate surface area is 114 Å². The minimum absolute atomic E-state index is 0.132. The van der Waals surface area contributed by atoms with Crippen LogP contribution in [-0.4, -0.2) is 27.0 Å². The van der Waals surface area contributed by atoms with Crippen LogP contribution in [0.15, 0.2) is 36.7 Å². The summed E-state index contributed by atoms with van der Waals surface area (Å²) >= 11 is 0. The molecule has 0 radical (unpaired) electrons. The van der Waals surface area contributed by atoms with E-state index in [1.54, 1.807) is 24.3 Å². The minimum atomic E-state index is -1.16. The number of aromatic carboxylic acids is 1. The molecule has 1 aromatic carbocycles. The molecule has 7 nitrogen and oxygen atoms in total. The highest BCUT2D eigenvalue weighted by Crippen LogP contribution is 2.27. The van der Waals surface area contributed by atoms with Crippen LogP contribution in [0.4, 0.5) is 5.69 Å². The molecular formula is C13H11N3O4. The smallest absolute Gasteiger partial charge is 0.356 e. The summed E-state index contributed by atoms with van der Waals surface area (Å²) in [5.74, 6) is -0.871. The normalized spacial score (nSPS) is 9.85.